The molecule has 1 aromatic carbocycles. The highest BCUT2D eigenvalue weighted by Gasteiger charge is 2.14. The van der Waals surface area contributed by atoms with E-state index < -0.39 is 17.7 Å². The molecule has 1 aromatic rings. The van der Waals surface area contributed by atoms with E-state index in [9.17, 15) is 13.6 Å². The lowest BCUT2D eigenvalue weighted by atomic mass is 10.0. The molecule has 0 saturated heterocycles. The number of benzene rings is 1. The van der Waals surface area contributed by atoms with Crippen LogP contribution in [0, 0.1) is 28.9 Å². The fraction of sp³-hybridized carbons (Fsp3) is 0.467. The minimum absolute atomic E-state index is 0.0245. The number of halogens is 2. The first kappa shape index (κ1) is 16.1. The third kappa shape index (κ3) is 5.35. The van der Waals surface area contributed by atoms with Crippen LogP contribution in [0.1, 0.15) is 32.3 Å². The molecular weight excluding hydrogens is 262 g/mol. The molecule has 0 radical (unpaired) electrons. The second kappa shape index (κ2) is 7.59. The SMILES string of the molecule is CC(C)C[C@H](C#N)NC(=O)CCc1cc(F)ccc1F. The van der Waals surface area contributed by atoms with E-state index in [1.807, 2.05) is 19.9 Å². The molecule has 0 saturated carbocycles. The van der Waals surface area contributed by atoms with Crippen LogP contribution in [0.25, 0.3) is 0 Å². The predicted octanol–water partition coefficient (Wildman–Crippen LogP) is 2.95. The van der Waals surface area contributed by atoms with Crippen molar-refractivity contribution in [3.8, 4) is 6.07 Å². The Morgan fingerprint density at radius 2 is 2.10 bits per heavy atom. The summed E-state index contributed by atoms with van der Waals surface area (Å²) in [7, 11) is 0. The van der Waals surface area contributed by atoms with E-state index in [1.54, 1.807) is 0 Å². The van der Waals surface area contributed by atoms with Crippen molar-refractivity contribution in [2.75, 3.05) is 0 Å². The van der Waals surface area contributed by atoms with Gasteiger partial charge in [0.2, 0.25) is 5.91 Å². The van der Waals surface area contributed by atoms with Crippen LogP contribution >= 0.6 is 0 Å². The van der Waals surface area contributed by atoms with Crippen molar-refractivity contribution >= 4 is 5.91 Å². The van der Waals surface area contributed by atoms with Crippen LogP contribution in [0.2, 0.25) is 0 Å². The standard InChI is InChI=1S/C15H18F2N2O/c1-10(2)7-13(9-18)19-15(20)6-3-11-8-12(16)4-5-14(11)17/h4-5,8,10,13H,3,6-7H2,1-2H3,(H,19,20)/t13-/m1/s1. The van der Waals surface area contributed by atoms with Crippen molar-refractivity contribution in [1.82, 2.24) is 5.32 Å². The van der Waals surface area contributed by atoms with Gasteiger partial charge in [-0.15, -0.1) is 0 Å². The monoisotopic (exact) mass is 280 g/mol. The van der Waals surface area contributed by atoms with Crippen LogP contribution in [0.15, 0.2) is 18.2 Å². The van der Waals surface area contributed by atoms with Gasteiger partial charge in [0.15, 0.2) is 0 Å². The van der Waals surface area contributed by atoms with Crippen LogP contribution in [-0.2, 0) is 11.2 Å². The third-order valence-electron chi connectivity index (χ3n) is 2.83. The van der Waals surface area contributed by atoms with Crippen molar-refractivity contribution in [2.24, 2.45) is 5.92 Å². The number of carbonyl (C=O) groups is 1. The first-order chi connectivity index (χ1) is 9.42. The number of nitrogens with one attached hydrogen (secondary N) is 1. The molecule has 1 amide bonds. The lowest BCUT2D eigenvalue weighted by Gasteiger charge is -2.13. The maximum absolute atomic E-state index is 13.4. The molecule has 1 N–H and O–H groups in total. The van der Waals surface area contributed by atoms with E-state index >= 15 is 0 Å². The molecular formula is C15H18F2N2O. The molecule has 1 rings (SSSR count). The van der Waals surface area contributed by atoms with Gasteiger partial charge in [-0.2, -0.15) is 5.26 Å². The number of aryl methyl sites for hydroxylation is 1. The Balaban J connectivity index is 2.51. The van der Waals surface area contributed by atoms with Gasteiger partial charge < -0.3 is 5.32 Å². The average molecular weight is 280 g/mol. The van der Waals surface area contributed by atoms with Gasteiger partial charge >= 0.3 is 0 Å². The van der Waals surface area contributed by atoms with Crippen LogP contribution in [0.4, 0.5) is 8.78 Å². The van der Waals surface area contributed by atoms with E-state index in [1.165, 1.54) is 0 Å². The number of amides is 1. The quantitative estimate of drug-likeness (QED) is 0.871. The molecule has 0 aliphatic carbocycles. The minimum Gasteiger partial charge on any atom is -0.340 e. The van der Waals surface area contributed by atoms with Crippen LogP contribution in [0.3, 0.4) is 0 Å². The third-order valence-corrected chi connectivity index (χ3v) is 2.83. The second-order valence-corrected chi connectivity index (χ2v) is 5.11. The molecule has 0 bridgehead atoms. The highest BCUT2D eigenvalue weighted by molar-refractivity contribution is 5.76. The number of rotatable bonds is 6. The molecule has 3 nitrogen and oxygen atoms in total. The summed E-state index contributed by atoms with van der Waals surface area (Å²) in [5, 5.41) is 11.5. The number of hydrogen-bond donors (Lipinski definition) is 1. The Bertz CT molecular complexity index is 509. The van der Waals surface area contributed by atoms with Gasteiger partial charge in [0, 0.05) is 6.42 Å². The fourth-order valence-electron chi connectivity index (χ4n) is 1.86. The summed E-state index contributed by atoms with van der Waals surface area (Å²) >= 11 is 0. The fourth-order valence-corrected chi connectivity index (χ4v) is 1.86. The second-order valence-electron chi connectivity index (χ2n) is 5.11. The largest absolute Gasteiger partial charge is 0.340 e. The Morgan fingerprint density at radius 3 is 2.70 bits per heavy atom. The smallest absolute Gasteiger partial charge is 0.221 e. The van der Waals surface area contributed by atoms with Crippen molar-refractivity contribution in [2.45, 2.75) is 39.2 Å². The van der Waals surface area contributed by atoms with Gasteiger partial charge in [-0.25, -0.2) is 8.78 Å². The Labute approximate surface area is 117 Å². The zero-order valence-electron chi connectivity index (χ0n) is 11.6. The summed E-state index contributed by atoms with van der Waals surface area (Å²) in [6, 6.07) is 4.63. The highest BCUT2D eigenvalue weighted by Crippen LogP contribution is 2.12. The van der Waals surface area contributed by atoms with Gasteiger partial charge in [0.25, 0.3) is 0 Å². The lowest BCUT2D eigenvalue weighted by molar-refractivity contribution is -0.121. The number of nitriles is 1. The molecule has 0 aliphatic heterocycles. The molecule has 108 valence electrons. The van der Waals surface area contributed by atoms with Gasteiger partial charge in [0.1, 0.15) is 17.7 Å². The summed E-state index contributed by atoms with van der Waals surface area (Å²) in [6.45, 7) is 3.91. The molecule has 0 unspecified atom stereocenters. The zero-order valence-corrected chi connectivity index (χ0v) is 11.6. The predicted molar refractivity (Wildman–Crippen MR) is 71.7 cm³/mol. The van der Waals surface area contributed by atoms with E-state index in [-0.39, 0.29) is 24.3 Å². The summed E-state index contributed by atoms with van der Waals surface area (Å²) < 4.78 is 26.3. The molecule has 5 heteroatoms. The Kier molecular flexibility index (Phi) is 6.10. The molecule has 0 aromatic heterocycles. The Hall–Kier alpha value is -1.96. The molecule has 20 heavy (non-hydrogen) atoms. The molecule has 0 spiro atoms. The van der Waals surface area contributed by atoms with E-state index in [4.69, 9.17) is 5.26 Å². The van der Waals surface area contributed by atoms with Gasteiger partial charge in [0.05, 0.1) is 6.07 Å². The van der Waals surface area contributed by atoms with Crippen molar-refractivity contribution in [1.29, 1.82) is 5.26 Å². The average Bonchev–Trinajstić information content (AvgIpc) is 2.38. The van der Waals surface area contributed by atoms with Crippen LogP contribution < -0.4 is 5.32 Å². The van der Waals surface area contributed by atoms with Crippen molar-refractivity contribution in [3.05, 3.63) is 35.4 Å². The molecule has 1 atom stereocenters. The summed E-state index contributed by atoms with van der Waals surface area (Å²) in [5.41, 5.74) is 0.164. The number of hydrogen-bond acceptors (Lipinski definition) is 2. The summed E-state index contributed by atoms with van der Waals surface area (Å²) in [6.07, 6.45) is 0.697. The topological polar surface area (TPSA) is 52.9 Å². The molecule has 0 aliphatic rings. The maximum atomic E-state index is 13.4. The maximum Gasteiger partial charge on any atom is 0.221 e. The summed E-state index contributed by atoms with van der Waals surface area (Å²) in [4.78, 5) is 11.7. The normalized spacial score (nSPS) is 12.0. The van der Waals surface area contributed by atoms with Crippen molar-refractivity contribution in [3.63, 3.8) is 0 Å². The zero-order chi connectivity index (χ0) is 15.1. The molecule has 0 fully saturated rings. The van der Waals surface area contributed by atoms with E-state index in [0.717, 1.165) is 18.2 Å². The molecule has 0 heterocycles. The van der Waals surface area contributed by atoms with Crippen molar-refractivity contribution < 1.29 is 13.6 Å². The highest BCUT2D eigenvalue weighted by atomic mass is 19.1. The van der Waals surface area contributed by atoms with Gasteiger partial charge in [-0.3, -0.25) is 4.79 Å². The first-order valence-electron chi connectivity index (χ1n) is 6.55. The van der Waals surface area contributed by atoms with Crippen LogP contribution in [0.5, 0.6) is 0 Å². The lowest BCUT2D eigenvalue weighted by Crippen LogP contribution is -2.34. The number of carbonyl (C=O) groups excluding carboxylic acids is 1. The van der Waals surface area contributed by atoms with E-state index in [2.05, 4.69) is 5.32 Å². The van der Waals surface area contributed by atoms with Gasteiger partial charge in [-0.05, 0) is 42.5 Å². The van der Waals surface area contributed by atoms with Crippen LogP contribution in [-0.4, -0.2) is 11.9 Å². The summed E-state index contributed by atoms with van der Waals surface area (Å²) in [5.74, 6) is -1.10. The Morgan fingerprint density at radius 1 is 1.40 bits per heavy atom. The minimum atomic E-state index is -0.542. The van der Waals surface area contributed by atoms with E-state index in [0.29, 0.717) is 12.3 Å². The first-order valence-corrected chi connectivity index (χ1v) is 6.55. The van der Waals surface area contributed by atoms with Gasteiger partial charge in [-0.1, -0.05) is 13.8 Å². The number of nitrogens with zero attached hydrogens (tertiary/aromatic N) is 1.